The van der Waals surface area contributed by atoms with Gasteiger partial charge in [-0.1, -0.05) is 0 Å². The number of carboxylic acids is 1. The summed E-state index contributed by atoms with van der Waals surface area (Å²) in [6.45, 7) is 1.71. The van der Waals surface area contributed by atoms with Gasteiger partial charge in [0.2, 0.25) is 0 Å². The number of nitrogens with one attached hydrogen (secondary N) is 1. The first-order chi connectivity index (χ1) is 7.16. The standard InChI is InChI=1S/C9H10N4O2/c1-6-4-7-9(11-5-8(14)15)10-2-3-13(7)12-6/h2-4H,5H2,1H3,(H,10,11)(H,14,15). The van der Waals surface area contributed by atoms with E-state index in [0.29, 0.717) is 5.82 Å². The van der Waals surface area contributed by atoms with Crippen molar-refractivity contribution in [2.45, 2.75) is 6.92 Å². The van der Waals surface area contributed by atoms with E-state index in [4.69, 9.17) is 5.11 Å². The normalized spacial score (nSPS) is 10.5. The summed E-state index contributed by atoms with van der Waals surface area (Å²) in [5, 5.41) is 15.5. The number of rotatable bonds is 3. The van der Waals surface area contributed by atoms with Crippen LogP contribution in [-0.4, -0.2) is 32.2 Å². The molecule has 0 aromatic carbocycles. The fourth-order valence-electron chi connectivity index (χ4n) is 1.34. The Morgan fingerprint density at radius 1 is 1.67 bits per heavy atom. The lowest BCUT2D eigenvalue weighted by Crippen LogP contribution is -2.13. The third-order valence-corrected chi connectivity index (χ3v) is 1.92. The number of anilines is 1. The maximum atomic E-state index is 10.4. The zero-order valence-electron chi connectivity index (χ0n) is 8.14. The SMILES string of the molecule is Cc1cc2c(NCC(=O)O)nccn2n1. The zero-order valence-corrected chi connectivity index (χ0v) is 8.14. The topological polar surface area (TPSA) is 79.5 Å². The number of nitrogens with zero attached hydrogens (tertiary/aromatic N) is 3. The van der Waals surface area contributed by atoms with Crippen molar-refractivity contribution in [1.82, 2.24) is 14.6 Å². The zero-order chi connectivity index (χ0) is 10.8. The van der Waals surface area contributed by atoms with Crippen LogP contribution in [0.4, 0.5) is 5.82 Å². The number of aryl methyl sites for hydroxylation is 1. The first kappa shape index (κ1) is 9.45. The molecule has 2 rings (SSSR count). The molecule has 0 bridgehead atoms. The number of aromatic nitrogens is 3. The van der Waals surface area contributed by atoms with Crippen LogP contribution in [0.25, 0.3) is 5.52 Å². The van der Waals surface area contributed by atoms with E-state index in [0.717, 1.165) is 11.2 Å². The summed E-state index contributed by atoms with van der Waals surface area (Å²) < 4.78 is 1.66. The molecule has 2 heterocycles. The van der Waals surface area contributed by atoms with Gasteiger partial charge >= 0.3 is 5.97 Å². The van der Waals surface area contributed by atoms with E-state index in [1.54, 1.807) is 16.9 Å². The Balaban J connectivity index is 2.37. The fourth-order valence-corrected chi connectivity index (χ4v) is 1.34. The number of hydrogen-bond donors (Lipinski definition) is 2. The molecule has 78 valence electrons. The fraction of sp³-hybridized carbons (Fsp3) is 0.222. The highest BCUT2D eigenvalue weighted by Crippen LogP contribution is 2.13. The van der Waals surface area contributed by atoms with Crippen LogP contribution >= 0.6 is 0 Å². The minimum absolute atomic E-state index is 0.156. The van der Waals surface area contributed by atoms with E-state index >= 15 is 0 Å². The summed E-state index contributed by atoms with van der Waals surface area (Å²) in [6, 6.07) is 1.84. The minimum atomic E-state index is -0.921. The molecule has 0 unspecified atom stereocenters. The highest BCUT2D eigenvalue weighted by atomic mass is 16.4. The highest BCUT2D eigenvalue weighted by Gasteiger charge is 2.05. The highest BCUT2D eigenvalue weighted by molar-refractivity contribution is 5.76. The summed E-state index contributed by atoms with van der Waals surface area (Å²) in [7, 11) is 0. The van der Waals surface area contributed by atoms with Crippen LogP contribution in [0, 0.1) is 6.92 Å². The molecule has 6 heteroatoms. The molecule has 0 aliphatic rings. The summed E-state index contributed by atoms with van der Waals surface area (Å²) in [5.74, 6) is -0.393. The molecule has 0 aliphatic heterocycles. The van der Waals surface area contributed by atoms with Crippen molar-refractivity contribution in [3.63, 3.8) is 0 Å². The lowest BCUT2D eigenvalue weighted by molar-refractivity contribution is -0.134. The second-order valence-electron chi connectivity index (χ2n) is 3.14. The molecule has 0 atom stereocenters. The van der Waals surface area contributed by atoms with Gasteiger partial charge in [-0.2, -0.15) is 5.10 Å². The van der Waals surface area contributed by atoms with Crippen LogP contribution in [0.2, 0.25) is 0 Å². The molecular weight excluding hydrogens is 196 g/mol. The maximum Gasteiger partial charge on any atom is 0.322 e. The average Bonchev–Trinajstić information content (AvgIpc) is 2.55. The molecule has 0 radical (unpaired) electrons. The van der Waals surface area contributed by atoms with Gasteiger partial charge in [0.25, 0.3) is 0 Å². The Labute approximate surface area is 85.6 Å². The summed E-state index contributed by atoms with van der Waals surface area (Å²) >= 11 is 0. The van der Waals surface area contributed by atoms with Gasteiger partial charge in [-0.25, -0.2) is 9.50 Å². The van der Waals surface area contributed by atoms with Crippen molar-refractivity contribution in [3.8, 4) is 0 Å². The Morgan fingerprint density at radius 3 is 3.20 bits per heavy atom. The minimum Gasteiger partial charge on any atom is -0.480 e. The van der Waals surface area contributed by atoms with Crippen molar-refractivity contribution in [1.29, 1.82) is 0 Å². The van der Waals surface area contributed by atoms with Gasteiger partial charge in [0.15, 0.2) is 5.82 Å². The molecule has 2 N–H and O–H groups in total. The second kappa shape index (κ2) is 3.56. The van der Waals surface area contributed by atoms with Crippen molar-refractivity contribution in [3.05, 3.63) is 24.2 Å². The first-order valence-corrected chi connectivity index (χ1v) is 4.43. The summed E-state index contributed by atoms with van der Waals surface area (Å²) in [4.78, 5) is 14.5. The molecular formula is C9H10N4O2. The van der Waals surface area contributed by atoms with Crippen LogP contribution in [0.3, 0.4) is 0 Å². The summed E-state index contributed by atoms with van der Waals surface area (Å²) in [5.41, 5.74) is 1.64. The van der Waals surface area contributed by atoms with Crippen LogP contribution in [0.15, 0.2) is 18.5 Å². The average molecular weight is 206 g/mol. The van der Waals surface area contributed by atoms with Gasteiger partial charge in [0.1, 0.15) is 12.1 Å². The maximum absolute atomic E-state index is 10.4. The molecule has 0 saturated heterocycles. The third-order valence-electron chi connectivity index (χ3n) is 1.92. The Bertz CT molecular complexity index is 506. The quantitative estimate of drug-likeness (QED) is 0.765. The van der Waals surface area contributed by atoms with Gasteiger partial charge in [-0.15, -0.1) is 0 Å². The predicted octanol–water partition coefficient (Wildman–Crippen LogP) is 0.534. The van der Waals surface area contributed by atoms with Crippen molar-refractivity contribution in [2.75, 3.05) is 11.9 Å². The number of carbonyl (C=O) groups is 1. The molecule has 2 aromatic rings. The number of fused-ring (bicyclic) bond motifs is 1. The molecule has 0 aliphatic carbocycles. The molecule has 2 aromatic heterocycles. The molecule has 0 amide bonds. The van der Waals surface area contributed by atoms with E-state index < -0.39 is 5.97 Å². The van der Waals surface area contributed by atoms with Crippen LogP contribution in [-0.2, 0) is 4.79 Å². The number of hydrogen-bond acceptors (Lipinski definition) is 4. The van der Waals surface area contributed by atoms with Gasteiger partial charge in [-0.05, 0) is 13.0 Å². The van der Waals surface area contributed by atoms with Crippen LogP contribution in [0.5, 0.6) is 0 Å². The lowest BCUT2D eigenvalue weighted by Gasteiger charge is -2.03. The lowest BCUT2D eigenvalue weighted by atomic mass is 10.4. The van der Waals surface area contributed by atoms with Crippen molar-refractivity contribution >= 4 is 17.3 Å². The van der Waals surface area contributed by atoms with E-state index in [1.165, 1.54) is 0 Å². The monoisotopic (exact) mass is 206 g/mol. The Hall–Kier alpha value is -2.11. The van der Waals surface area contributed by atoms with Crippen LogP contribution in [0.1, 0.15) is 5.69 Å². The van der Waals surface area contributed by atoms with Gasteiger partial charge < -0.3 is 10.4 Å². The molecule has 0 saturated carbocycles. The largest absolute Gasteiger partial charge is 0.480 e. The molecule has 6 nitrogen and oxygen atoms in total. The first-order valence-electron chi connectivity index (χ1n) is 4.43. The Kier molecular flexibility index (Phi) is 2.24. The van der Waals surface area contributed by atoms with Gasteiger partial charge in [-0.3, -0.25) is 4.79 Å². The van der Waals surface area contributed by atoms with E-state index in [9.17, 15) is 4.79 Å². The molecule has 0 fully saturated rings. The number of carboxylic acid groups (broad SMARTS) is 1. The van der Waals surface area contributed by atoms with Gasteiger partial charge in [0, 0.05) is 12.4 Å². The third kappa shape index (κ3) is 1.88. The van der Waals surface area contributed by atoms with E-state index in [1.807, 2.05) is 13.0 Å². The van der Waals surface area contributed by atoms with Crippen molar-refractivity contribution < 1.29 is 9.90 Å². The molecule has 15 heavy (non-hydrogen) atoms. The van der Waals surface area contributed by atoms with Crippen LogP contribution < -0.4 is 5.32 Å². The predicted molar refractivity (Wildman–Crippen MR) is 53.8 cm³/mol. The van der Waals surface area contributed by atoms with Gasteiger partial charge in [0.05, 0.1) is 5.69 Å². The van der Waals surface area contributed by atoms with Crippen molar-refractivity contribution in [2.24, 2.45) is 0 Å². The second-order valence-corrected chi connectivity index (χ2v) is 3.14. The smallest absolute Gasteiger partial charge is 0.322 e. The molecule has 0 spiro atoms. The Morgan fingerprint density at radius 2 is 2.47 bits per heavy atom. The van der Waals surface area contributed by atoms with E-state index in [2.05, 4.69) is 15.4 Å². The van der Waals surface area contributed by atoms with E-state index in [-0.39, 0.29) is 6.54 Å². The summed E-state index contributed by atoms with van der Waals surface area (Å²) in [6.07, 6.45) is 3.29. The number of aliphatic carboxylic acids is 1.